The molecule has 1 heterocycles. The van der Waals surface area contributed by atoms with Gasteiger partial charge < -0.3 is 10.5 Å². The molecular weight excluding hydrogens is 287 g/mol. The van der Waals surface area contributed by atoms with Crippen molar-refractivity contribution in [3.8, 4) is 11.6 Å². The maximum Gasteiger partial charge on any atom is 0.314 e. The standard InChI is InChI=1S/C11H7FN4O5/c12-6-1-2-9(8(3-6)16(19)20)21-11-5-7(15(17)18)4-10(13)14-11/h1-5H,(H2,13,14). The molecule has 0 aliphatic heterocycles. The summed E-state index contributed by atoms with van der Waals surface area (Å²) in [4.78, 5) is 23.6. The van der Waals surface area contributed by atoms with E-state index in [4.69, 9.17) is 10.5 Å². The van der Waals surface area contributed by atoms with Crippen molar-refractivity contribution < 1.29 is 19.0 Å². The molecule has 0 atom stereocenters. The monoisotopic (exact) mass is 294 g/mol. The van der Waals surface area contributed by atoms with Crippen LogP contribution in [0.4, 0.5) is 21.6 Å². The molecule has 1 aromatic carbocycles. The van der Waals surface area contributed by atoms with E-state index < -0.39 is 21.4 Å². The summed E-state index contributed by atoms with van der Waals surface area (Å²) < 4.78 is 18.1. The van der Waals surface area contributed by atoms with Gasteiger partial charge in [0.05, 0.1) is 28.0 Å². The molecule has 0 radical (unpaired) electrons. The third-order valence-corrected chi connectivity index (χ3v) is 2.35. The largest absolute Gasteiger partial charge is 0.431 e. The van der Waals surface area contributed by atoms with E-state index in [0.717, 1.165) is 24.3 Å². The van der Waals surface area contributed by atoms with Gasteiger partial charge in [0, 0.05) is 0 Å². The highest BCUT2D eigenvalue weighted by atomic mass is 19.1. The van der Waals surface area contributed by atoms with Gasteiger partial charge >= 0.3 is 5.69 Å². The number of benzene rings is 1. The fourth-order valence-electron chi connectivity index (χ4n) is 1.50. The quantitative estimate of drug-likeness (QED) is 0.675. The first-order valence-corrected chi connectivity index (χ1v) is 5.40. The predicted octanol–water partition coefficient (Wildman–Crippen LogP) is 2.41. The first-order chi connectivity index (χ1) is 9.86. The first kappa shape index (κ1) is 14.1. The van der Waals surface area contributed by atoms with Crippen LogP contribution in [0, 0.1) is 26.0 Å². The zero-order valence-corrected chi connectivity index (χ0v) is 10.2. The second-order valence-corrected chi connectivity index (χ2v) is 3.82. The van der Waals surface area contributed by atoms with Gasteiger partial charge in [0.2, 0.25) is 11.6 Å². The maximum atomic E-state index is 13.0. The van der Waals surface area contributed by atoms with E-state index in [1.807, 2.05) is 0 Å². The van der Waals surface area contributed by atoms with Crippen LogP contribution >= 0.6 is 0 Å². The summed E-state index contributed by atoms with van der Waals surface area (Å²) in [5.41, 5.74) is 4.36. The van der Waals surface area contributed by atoms with Gasteiger partial charge in [0.1, 0.15) is 11.6 Å². The van der Waals surface area contributed by atoms with E-state index in [1.54, 1.807) is 0 Å². The molecule has 0 aliphatic rings. The van der Waals surface area contributed by atoms with Crippen molar-refractivity contribution in [2.24, 2.45) is 0 Å². The number of ether oxygens (including phenoxy) is 1. The first-order valence-electron chi connectivity index (χ1n) is 5.40. The number of nitro groups is 2. The lowest BCUT2D eigenvalue weighted by atomic mass is 10.3. The molecule has 21 heavy (non-hydrogen) atoms. The van der Waals surface area contributed by atoms with E-state index in [9.17, 15) is 24.6 Å². The number of rotatable bonds is 4. The van der Waals surface area contributed by atoms with Crippen molar-refractivity contribution in [2.75, 3.05) is 5.73 Å². The Hall–Kier alpha value is -3.30. The molecule has 1 aromatic heterocycles. The van der Waals surface area contributed by atoms with E-state index in [2.05, 4.69) is 4.98 Å². The molecule has 108 valence electrons. The number of hydrogen-bond acceptors (Lipinski definition) is 7. The van der Waals surface area contributed by atoms with Crippen LogP contribution in [0.5, 0.6) is 11.6 Å². The summed E-state index contributed by atoms with van der Waals surface area (Å²) in [6.45, 7) is 0. The Bertz CT molecular complexity index is 737. The Morgan fingerprint density at radius 1 is 1.14 bits per heavy atom. The highest BCUT2D eigenvalue weighted by Crippen LogP contribution is 2.32. The smallest absolute Gasteiger partial charge is 0.314 e. The Labute approximate surface area is 116 Å². The normalized spacial score (nSPS) is 10.1. The average molecular weight is 294 g/mol. The predicted molar refractivity (Wildman–Crippen MR) is 68.4 cm³/mol. The van der Waals surface area contributed by atoms with Crippen LogP contribution in [-0.2, 0) is 0 Å². The van der Waals surface area contributed by atoms with Crippen LogP contribution in [0.2, 0.25) is 0 Å². The molecule has 0 aliphatic carbocycles. The van der Waals surface area contributed by atoms with Crippen LogP contribution in [0.25, 0.3) is 0 Å². The average Bonchev–Trinajstić information content (AvgIpc) is 2.40. The van der Waals surface area contributed by atoms with Crippen molar-refractivity contribution in [1.82, 2.24) is 4.98 Å². The van der Waals surface area contributed by atoms with E-state index in [0.29, 0.717) is 6.07 Å². The highest BCUT2D eigenvalue weighted by molar-refractivity contribution is 5.50. The number of hydrogen-bond donors (Lipinski definition) is 1. The number of nitrogen functional groups attached to an aromatic ring is 1. The fourth-order valence-corrected chi connectivity index (χ4v) is 1.50. The molecule has 2 rings (SSSR count). The minimum absolute atomic E-state index is 0.191. The Balaban J connectivity index is 2.43. The Kier molecular flexibility index (Phi) is 3.61. The lowest BCUT2D eigenvalue weighted by Crippen LogP contribution is -1.99. The van der Waals surface area contributed by atoms with E-state index in [-0.39, 0.29) is 23.1 Å². The summed E-state index contributed by atoms with van der Waals surface area (Å²) >= 11 is 0. The van der Waals surface area contributed by atoms with Gasteiger partial charge in [-0.15, -0.1) is 0 Å². The van der Waals surface area contributed by atoms with Gasteiger partial charge in [-0.25, -0.2) is 4.39 Å². The fraction of sp³-hybridized carbons (Fsp3) is 0. The van der Waals surface area contributed by atoms with Gasteiger partial charge in [-0.05, 0) is 12.1 Å². The molecule has 10 heteroatoms. The molecule has 0 bridgehead atoms. The van der Waals surface area contributed by atoms with Gasteiger partial charge in [-0.3, -0.25) is 20.2 Å². The molecule has 0 fully saturated rings. The van der Waals surface area contributed by atoms with Gasteiger partial charge in [-0.2, -0.15) is 4.98 Å². The molecule has 0 amide bonds. The van der Waals surface area contributed by atoms with Crippen LogP contribution in [0.3, 0.4) is 0 Å². The lowest BCUT2D eigenvalue weighted by molar-refractivity contribution is -0.386. The lowest BCUT2D eigenvalue weighted by Gasteiger charge is -2.06. The molecule has 2 N–H and O–H groups in total. The van der Waals surface area contributed by atoms with E-state index in [1.165, 1.54) is 0 Å². The van der Waals surface area contributed by atoms with Crippen molar-refractivity contribution in [1.29, 1.82) is 0 Å². The summed E-state index contributed by atoms with van der Waals surface area (Å²) in [6.07, 6.45) is 0. The van der Waals surface area contributed by atoms with E-state index >= 15 is 0 Å². The zero-order chi connectivity index (χ0) is 15.6. The minimum atomic E-state index is -0.848. The van der Waals surface area contributed by atoms with Gasteiger partial charge in [0.25, 0.3) is 5.69 Å². The molecule has 0 saturated carbocycles. The number of nitrogens with zero attached hydrogens (tertiary/aromatic N) is 3. The molecule has 9 nitrogen and oxygen atoms in total. The minimum Gasteiger partial charge on any atom is -0.431 e. The number of anilines is 1. The number of nitro benzene ring substituents is 1. The summed E-state index contributed by atoms with van der Waals surface area (Å²) in [6, 6.07) is 4.58. The highest BCUT2D eigenvalue weighted by Gasteiger charge is 2.19. The second kappa shape index (κ2) is 5.36. The maximum absolute atomic E-state index is 13.0. The zero-order valence-electron chi connectivity index (χ0n) is 10.2. The summed E-state index contributed by atoms with van der Waals surface area (Å²) in [5.74, 6) is -1.63. The van der Waals surface area contributed by atoms with Crippen LogP contribution in [0.15, 0.2) is 30.3 Å². The van der Waals surface area contributed by atoms with Crippen molar-refractivity contribution in [3.63, 3.8) is 0 Å². The number of halogens is 1. The third-order valence-electron chi connectivity index (χ3n) is 2.35. The number of nitrogens with two attached hydrogens (primary N) is 1. The molecule has 0 unspecified atom stereocenters. The van der Waals surface area contributed by atoms with Crippen LogP contribution < -0.4 is 10.5 Å². The van der Waals surface area contributed by atoms with Gasteiger partial charge in [0.15, 0.2) is 0 Å². The summed E-state index contributed by atoms with van der Waals surface area (Å²) in [5, 5.41) is 21.5. The number of pyridine rings is 1. The molecule has 0 saturated heterocycles. The van der Waals surface area contributed by atoms with Gasteiger partial charge in [-0.1, -0.05) is 0 Å². The second-order valence-electron chi connectivity index (χ2n) is 3.82. The Morgan fingerprint density at radius 2 is 1.86 bits per heavy atom. The third kappa shape index (κ3) is 3.18. The Morgan fingerprint density at radius 3 is 2.48 bits per heavy atom. The topological polar surface area (TPSA) is 134 Å². The SMILES string of the molecule is Nc1cc([N+](=O)[O-])cc(Oc2ccc(F)cc2[N+](=O)[O-])n1. The van der Waals surface area contributed by atoms with Crippen molar-refractivity contribution in [3.05, 3.63) is 56.4 Å². The molecular formula is C11H7FN4O5. The van der Waals surface area contributed by atoms with Crippen LogP contribution in [-0.4, -0.2) is 14.8 Å². The molecule has 0 spiro atoms. The summed E-state index contributed by atoms with van der Waals surface area (Å²) in [7, 11) is 0. The van der Waals surface area contributed by atoms with Crippen LogP contribution in [0.1, 0.15) is 0 Å². The molecule has 2 aromatic rings. The van der Waals surface area contributed by atoms with Crippen molar-refractivity contribution in [2.45, 2.75) is 0 Å². The van der Waals surface area contributed by atoms with Crippen molar-refractivity contribution >= 4 is 17.2 Å². The number of aromatic nitrogens is 1.